The minimum atomic E-state index is -4.20. The topological polar surface area (TPSA) is 28.2 Å². The van der Waals surface area contributed by atoms with Gasteiger partial charge in [-0.25, -0.2) is 0 Å². The van der Waals surface area contributed by atoms with Gasteiger partial charge >= 0.3 is 6.18 Å². The van der Waals surface area contributed by atoms with E-state index in [0.717, 1.165) is 5.69 Å². The van der Waals surface area contributed by atoms with E-state index in [4.69, 9.17) is 0 Å². The van der Waals surface area contributed by atoms with Crippen molar-refractivity contribution in [3.8, 4) is 0 Å². The van der Waals surface area contributed by atoms with Crippen molar-refractivity contribution in [2.45, 2.75) is 39.5 Å². The average Bonchev–Trinajstić information content (AvgIpc) is 2.32. The van der Waals surface area contributed by atoms with Gasteiger partial charge in [0.1, 0.15) is 6.54 Å². The standard InChI is InChI=1S/C13H20F3N3/c1-4-19(9-13(14,15)16)12-5-6-17-11(7-12)8-18-10(2)3/h5-7,10,18H,4,8-9H2,1-3H3. The number of rotatable bonds is 6. The zero-order chi connectivity index (χ0) is 14.5. The van der Waals surface area contributed by atoms with Gasteiger partial charge in [0.2, 0.25) is 0 Å². The summed E-state index contributed by atoms with van der Waals surface area (Å²) in [7, 11) is 0. The molecule has 6 heteroatoms. The molecular weight excluding hydrogens is 255 g/mol. The fraction of sp³-hybridized carbons (Fsp3) is 0.615. The summed E-state index contributed by atoms with van der Waals surface area (Å²) in [5.74, 6) is 0. The van der Waals surface area contributed by atoms with Crippen LogP contribution in [-0.4, -0.2) is 30.3 Å². The molecule has 3 nitrogen and oxygen atoms in total. The van der Waals surface area contributed by atoms with Crippen molar-refractivity contribution in [2.75, 3.05) is 18.0 Å². The van der Waals surface area contributed by atoms with Gasteiger partial charge < -0.3 is 10.2 Å². The number of pyridine rings is 1. The summed E-state index contributed by atoms with van der Waals surface area (Å²) < 4.78 is 37.4. The molecule has 0 bridgehead atoms. The third-order valence-electron chi connectivity index (χ3n) is 2.61. The maximum Gasteiger partial charge on any atom is 0.405 e. The fourth-order valence-electron chi connectivity index (χ4n) is 1.67. The van der Waals surface area contributed by atoms with E-state index in [0.29, 0.717) is 24.8 Å². The van der Waals surface area contributed by atoms with Gasteiger partial charge in [0, 0.05) is 31.0 Å². The van der Waals surface area contributed by atoms with Gasteiger partial charge in [0.15, 0.2) is 0 Å². The summed E-state index contributed by atoms with van der Waals surface area (Å²) in [6, 6.07) is 3.61. The lowest BCUT2D eigenvalue weighted by atomic mass is 10.2. The summed E-state index contributed by atoms with van der Waals surface area (Å²) in [5, 5.41) is 3.19. The second-order valence-corrected chi connectivity index (χ2v) is 4.67. The van der Waals surface area contributed by atoms with E-state index in [1.165, 1.54) is 4.90 Å². The maximum absolute atomic E-state index is 12.5. The number of halogens is 3. The van der Waals surface area contributed by atoms with E-state index in [1.807, 2.05) is 13.8 Å². The van der Waals surface area contributed by atoms with E-state index in [2.05, 4.69) is 10.3 Å². The largest absolute Gasteiger partial charge is 0.405 e. The van der Waals surface area contributed by atoms with Crippen LogP contribution in [0.5, 0.6) is 0 Å². The highest BCUT2D eigenvalue weighted by Crippen LogP contribution is 2.22. The van der Waals surface area contributed by atoms with Crippen LogP contribution in [0, 0.1) is 0 Å². The molecule has 1 N–H and O–H groups in total. The van der Waals surface area contributed by atoms with Crippen LogP contribution < -0.4 is 10.2 Å². The Hall–Kier alpha value is -1.30. The normalized spacial score (nSPS) is 11.9. The predicted octanol–water partition coefficient (Wildman–Crippen LogP) is 2.97. The lowest BCUT2D eigenvalue weighted by molar-refractivity contribution is -0.119. The Morgan fingerprint density at radius 1 is 1.37 bits per heavy atom. The van der Waals surface area contributed by atoms with E-state index in [9.17, 15) is 13.2 Å². The number of hydrogen-bond donors (Lipinski definition) is 1. The van der Waals surface area contributed by atoms with Crippen LogP contribution in [0.2, 0.25) is 0 Å². The molecule has 0 aliphatic carbocycles. The lowest BCUT2D eigenvalue weighted by Crippen LogP contribution is -2.34. The Labute approximate surface area is 111 Å². The quantitative estimate of drug-likeness (QED) is 0.865. The van der Waals surface area contributed by atoms with Crippen LogP contribution in [0.3, 0.4) is 0 Å². The molecule has 0 aromatic carbocycles. The van der Waals surface area contributed by atoms with Crippen LogP contribution >= 0.6 is 0 Å². The van der Waals surface area contributed by atoms with Crippen molar-refractivity contribution in [3.05, 3.63) is 24.0 Å². The highest BCUT2D eigenvalue weighted by molar-refractivity contribution is 5.46. The Morgan fingerprint density at radius 3 is 2.58 bits per heavy atom. The molecule has 108 valence electrons. The van der Waals surface area contributed by atoms with Gasteiger partial charge in [0.25, 0.3) is 0 Å². The minimum absolute atomic E-state index is 0.306. The highest BCUT2D eigenvalue weighted by atomic mass is 19.4. The molecule has 0 atom stereocenters. The van der Waals surface area contributed by atoms with Crippen molar-refractivity contribution in [3.63, 3.8) is 0 Å². The SMILES string of the molecule is CCN(CC(F)(F)F)c1ccnc(CNC(C)C)c1. The van der Waals surface area contributed by atoms with Gasteiger partial charge in [-0.15, -0.1) is 0 Å². The van der Waals surface area contributed by atoms with E-state index < -0.39 is 12.7 Å². The molecule has 1 aromatic heterocycles. The summed E-state index contributed by atoms with van der Waals surface area (Å²) in [4.78, 5) is 5.45. The number of nitrogens with one attached hydrogen (secondary N) is 1. The maximum atomic E-state index is 12.5. The summed E-state index contributed by atoms with van der Waals surface area (Å²) in [6.07, 6.45) is -2.65. The molecule has 0 fully saturated rings. The summed E-state index contributed by atoms with van der Waals surface area (Å²) in [5.41, 5.74) is 1.29. The molecule has 0 aliphatic rings. The van der Waals surface area contributed by atoms with Gasteiger partial charge in [-0.05, 0) is 19.1 Å². The minimum Gasteiger partial charge on any atom is -0.363 e. The Kier molecular flexibility index (Phi) is 5.60. The fourth-order valence-corrected chi connectivity index (χ4v) is 1.67. The van der Waals surface area contributed by atoms with E-state index in [-0.39, 0.29) is 0 Å². The number of hydrogen-bond acceptors (Lipinski definition) is 3. The molecule has 0 saturated heterocycles. The molecule has 0 aliphatic heterocycles. The third kappa shape index (κ3) is 5.92. The van der Waals surface area contributed by atoms with E-state index in [1.54, 1.807) is 25.3 Å². The lowest BCUT2D eigenvalue weighted by Gasteiger charge is -2.24. The molecule has 1 aromatic rings. The van der Waals surface area contributed by atoms with Crippen LogP contribution in [0.25, 0.3) is 0 Å². The Morgan fingerprint density at radius 2 is 2.05 bits per heavy atom. The molecule has 0 amide bonds. The van der Waals surface area contributed by atoms with Gasteiger partial charge in [-0.1, -0.05) is 13.8 Å². The van der Waals surface area contributed by atoms with E-state index >= 15 is 0 Å². The Bertz CT molecular complexity index is 391. The molecular formula is C13H20F3N3. The smallest absolute Gasteiger partial charge is 0.363 e. The number of anilines is 1. The molecule has 0 unspecified atom stereocenters. The van der Waals surface area contributed by atoms with Gasteiger partial charge in [-0.3, -0.25) is 4.98 Å². The molecule has 19 heavy (non-hydrogen) atoms. The average molecular weight is 275 g/mol. The van der Waals surface area contributed by atoms with Crippen LogP contribution in [0.1, 0.15) is 26.5 Å². The second-order valence-electron chi connectivity index (χ2n) is 4.67. The predicted molar refractivity (Wildman–Crippen MR) is 70.2 cm³/mol. The van der Waals surface area contributed by atoms with Crippen molar-refractivity contribution < 1.29 is 13.2 Å². The van der Waals surface area contributed by atoms with Crippen LogP contribution in [0.4, 0.5) is 18.9 Å². The summed E-state index contributed by atoms with van der Waals surface area (Å²) >= 11 is 0. The van der Waals surface area contributed by atoms with Crippen LogP contribution in [0.15, 0.2) is 18.3 Å². The van der Waals surface area contributed by atoms with Crippen molar-refractivity contribution in [1.82, 2.24) is 10.3 Å². The van der Waals surface area contributed by atoms with Crippen molar-refractivity contribution in [1.29, 1.82) is 0 Å². The molecule has 1 rings (SSSR count). The zero-order valence-electron chi connectivity index (χ0n) is 11.5. The zero-order valence-corrected chi connectivity index (χ0v) is 11.5. The molecule has 0 saturated carbocycles. The molecule has 0 radical (unpaired) electrons. The van der Waals surface area contributed by atoms with Crippen molar-refractivity contribution >= 4 is 5.69 Å². The third-order valence-corrected chi connectivity index (χ3v) is 2.61. The van der Waals surface area contributed by atoms with Crippen LogP contribution in [-0.2, 0) is 6.54 Å². The summed E-state index contributed by atoms with van der Waals surface area (Å²) in [6.45, 7) is 5.64. The first-order chi connectivity index (χ1) is 8.81. The van der Waals surface area contributed by atoms with Gasteiger partial charge in [-0.2, -0.15) is 13.2 Å². The van der Waals surface area contributed by atoms with Crippen molar-refractivity contribution in [2.24, 2.45) is 0 Å². The first-order valence-electron chi connectivity index (χ1n) is 6.32. The highest BCUT2D eigenvalue weighted by Gasteiger charge is 2.30. The first-order valence-corrected chi connectivity index (χ1v) is 6.32. The number of aromatic nitrogens is 1. The monoisotopic (exact) mass is 275 g/mol. The second kappa shape index (κ2) is 6.75. The first kappa shape index (κ1) is 15.8. The van der Waals surface area contributed by atoms with Gasteiger partial charge in [0.05, 0.1) is 5.69 Å². The Balaban J connectivity index is 2.78. The molecule has 1 heterocycles. The number of nitrogens with zero attached hydrogens (tertiary/aromatic N) is 2. The molecule has 0 spiro atoms. The number of alkyl halides is 3.